The van der Waals surface area contributed by atoms with Crippen LogP contribution in [0.15, 0.2) is 11.7 Å². The van der Waals surface area contributed by atoms with E-state index in [0.29, 0.717) is 0 Å². The van der Waals surface area contributed by atoms with E-state index in [1.165, 1.54) is 6.26 Å². The average Bonchev–Trinajstić information content (AvgIpc) is 1.35. The second-order valence-corrected chi connectivity index (χ2v) is 2.03. The van der Waals surface area contributed by atoms with Gasteiger partial charge in [0, 0.05) is 0 Å². The molecule has 0 spiro atoms. The smallest absolute Gasteiger partial charge is 0.144 e. The lowest BCUT2D eigenvalue weighted by Gasteiger charge is -1.89. The quantitative estimate of drug-likeness (QED) is 0.456. The summed E-state index contributed by atoms with van der Waals surface area (Å²) in [6.07, 6.45) is 1.67. The lowest BCUT2D eigenvalue weighted by molar-refractivity contribution is 0.607. The zero-order valence-corrected chi connectivity index (χ0v) is 4.17. The van der Waals surface area contributed by atoms with Gasteiger partial charge in [0.1, 0.15) is 11.7 Å². The first kappa shape index (κ1) is 5.98. The van der Waals surface area contributed by atoms with Gasteiger partial charge < -0.3 is 4.55 Å². The standard InChI is InChI=1S/C3H5FOS/c1-6(5)3-2-4/h2-3H,1H3/b3-2+. The van der Waals surface area contributed by atoms with Gasteiger partial charge in [-0.05, 0) is 11.2 Å². The van der Waals surface area contributed by atoms with Gasteiger partial charge in [0.2, 0.25) is 0 Å². The second-order valence-electron chi connectivity index (χ2n) is 0.761. The molecular formula is C3H5FOS. The Morgan fingerprint density at radius 3 is 2.33 bits per heavy atom. The molecule has 0 aliphatic carbocycles. The Labute approximate surface area is 39.0 Å². The van der Waals surface area contributed by atoms with E-state index >= 15 is 0 Å². The van der Waals surface area contributed by atoms with Crippen molar-refractivity contribution >= 4 is 11.2 Å². The molecule has 1 unspecified atom stereocenters. The summed E-state index contributed by atoms with van der Waals surface area (Å²) in [6.45, 7) is 0. The summed E-state index contributed by atoms with van der Waals surface area (Å²) < 4.78 is 20.7. The van der Waals surface area contributed by atoms with Gasteiger partial charge in [-0.1, -0.05) is 0 Å². The number of rotatable bonds is 1. The minimum atomic E-state index is -1.12. The largest absolute Gasteiger partial charge is 0.612 e. The molecule has 0 aromatic rings. The molecule has 0 fully saturated rings. The second kappa shape index (κ2) is 3.18. The third-order valence-electron chi connectivity index (χ3n) is 0.243. The van der Waals surface area contributed by atoms with Crippen LogP contribution in [0.4, 0.5) is 4.39 Å². The summed E-state index contributed by atoms with van der Waals surface area (Å²) in [5.41, 5.74) is 0. The molecule has 0 aromatic heterocycles. The van der Waals surface area contributed by atoms with Crippen LogP contribution in [-0.2, 0) is 11.2 Å². The van der Waals surface area contributed by atoms with E-state index in [9.17, 15) is 8.94 Å². The molecule has 0 bridgehead atoms. The average molecular weight is 108 g/mol. The fraction of sp³-hybridized carbons (Fsp3) is 0.333. The normalized spacial score (nSPS) is 15.8. The SMILES string of the molecule is C[S+]([O-])/C=C/F. The Balaban J connectivity index is 3.03. The molecule has 0 radical (unpaired) electrons. The van der Waals surface area contributed by atoms with Gasteiger partial charge in [-0.25, -0.2) is 4.39 Å². The Hall–Kier alpha value is -0.0200. The number of hydrogen-bond acceptors (Lipinski definition) is 1. The summed E-state index contributed by atoms with van der Waals surface area (Å²) in [5.74, 6) is 0. The van der Waals surface area contributed by atoms with E-state index in [1.807, 2.05) is 0 Å². The van der Waals surface area contributed by atoms with Crippen LogP contribution in [-0.4, -0.2) is 10.8 Å². The molecule has 0 aromatic carbocycles. The van der Waals surface area contributed by atoms with Gasteiger partial charge in [-0.2, -0.15) is 0 Å². The third kappa shape index (κ3) is 3.98. The van der Waals surface area contributed by atoms with Crippen molar-refractivity contribution in [3.63, 3.8) is 0 Å². The van der Waals surface area contributed by atoms with Crippen LogP contribution in [0.25, 0.3) is 0 Å². The Morgan fingerprint density at radius 1 is 1.83 bits per heavy atom. The highest BCUT2D eigenvalue weighted by atomic mass is 32.2. The Morgan fingerprint density at radius 2 is 2.33 bits per heavy atom. The first-order valence-corrected chi connectivity index (χ1v) is 2.98. The monoisotopic (exact) mass is 108 g/mol. The lowest BCUT2D eigenvalue weighted by atomic mass is 11.2. The van der Waals surface area contributed by atoms with Crippen LogP contribution in [0, 0.1) is 0 Å². The van der Waals surface area contributed by atoms with E-state index in [4.69, 9.17) is 0 Å². The van der Waals surface area contributed by atoms with Crippen molar-refractivity contribution in [1.82, 2.24) is 0 Å². The van der Waals surface area contributed by atoms with Crippen LogP contribution in [0.5, 0.6) is 0 Å². The molecule has 0 aliphatic heterocycles. The highest BCUT2D eigenvalue weighted by Crippen LogP contribution is 1.83. The predicted octanol–water partition coefficient (Wildman–Crippen LogP) is 0.806. The number of halogens is 1. The van der Waals surface area contributed by atoms with Crippen LogP contribution in [0.2, 0.25) is 0 Å². The highest BCUT2D eigenvalue weighted by Gasteiger charge is 1.80. The van der Waals surface area contributed by atoms with Crippen molar-refractivity contribution in [3.05, 3.63) is 11.7 Å². The maximum Gasteiger partial charge on any atom is 0.144 e. The molecule has 36 valence electrons. The summed E-state index contributed by atoms with van der Waals surface area (Å²) in [4.78, 5) is 0. The molecule has 1 atom stereocenters. The molecule has 6 heavy (non-hydrogen) atoms. The molecule has 0 N–H and O–H groups in total. The van der Waals surface area contributed by atoms with Gasteiger partial charge >= 0.3 is 0 Å². The van der Waals surface area contributed by atoms with Crippen molar-refractivity contribution < 1.29 is 8.94 Å². The highest BCUT2D eigenvalue weighted by molar-refractivity contribution is 7.93. The van der Waals surface area contributed by atoms with E-state index in [1.54, 1.807) is 0 Å². The summed E-state index contributed by atoms with van der Waals surface area (Å²) in [6, 6.07) is 0. The van der Waals surface area contributed by atoms with Gasteiger partial charge in [0.05, 0.1) is 6.26 Å². The van der Waals surface area contributed by atoms with Crippen molar-refractivity contribution in [2.45, 2.75) is 0 Å². The third-order valence-corrected chi connectivity index (χ3v) is 0.729. The van der Waals surface area contributed by atoms with E-state index < -0.39 is 11.2 Å². The maximum absolute atomic E-state index is 10.9. The zero-order chi connectivity index (χ0) is 4.99. The Bertz CT molecular complexity index is 52.8. The maximum atomic E-state index is 10.9. The van der Waals surface area contributed by atoms with Crippen molar-refractivity contribution in [3.8, 4) is 0 Å². The van der Waals surface area contributed by atoms with E-state index in [-0.39, 0.29) is 6.33 Å². The summed E-state index contributed by atoms with van der Waals surface area (Å²) >= 11 is -1.12. The van der Waals surface area contributed by atoms with Crippen LogP contribution >= 0.6 is 0 Å². The Kier molecular flexibility index (Phi) is 3.17. The minimum absolute atomic E-state index is 0.274. The lowest BCUT2D eigenvalue weighted by Crippen LogP contribution is -1.85. The molecule has 0 heterocycles. The molecule has 0 saturated carbocycles. The van der Waals surface area contributed by atoms with Gasteiger partial charge in [-0.15, -0.1) is 0 Å². The van der Waals surface area contributed by atoms with Gasteiger partial charge in [-0.3, -0.25) is 0 Å². The van der Waals surface area contributed by atoms with Crippen molar-refractivity contribution in [2.75, 3.05) is 6.26 Å². The fourth-order valence-electron chi connectivity index (χ4n) is 0.0724. The van der Waals surface area contributed by atoms with Crippen LogP contribution < -0.4 is 0 Å². The zero-order valence-electron chi connectivity index (χ0n) is 3.35. The van der Waals surface area contributed by atoms with Gasteiger partial charge in [0.25, 0.3) is 0 Å². The molecule has 1 nitrogen and oxygen atoms in total. The van der Waals surface area contributed by atoms with Crippen LogP contribution in [0.1, 0.15) is 0 Å². The first-order valence-electron chi connectivity index (χ1n) is 1.36. The first-order chi connectivity index (χ1) is 2.77. The van der Waals surface area contributed by atoms with Crippen molar-refractivity contribution in [2.24, 2.45) is 0 Å². The topological polar surface area (TPSA) is 23.1 Å². The predicted molar refractivity (Wildman–Crippen MR) is 24.3 cm³/mol. The molecular weight excluding hydrogens is 103 g/mol. The summed E-state index contributed by atoms with van der Waals surface area (Å²) in [5, 5.41) is 0.972. The fourth-order valence-corrected chi connectivity index (χ4v) is 0.217. The summed E-state index contributed by atoms with van der Waals surface area (Å²) in [7, 11) is 0. The molecule has 0 rings (SSSR count). The molecule has 3 heteroatoms. The van der Waals surface area contributed by atoms with E-state index in [2.05, 4.69) is 0 Å². The van der Waals surface area contributed by atoms with Gasteiger partial charge in [0.15, 0.2) is 0 Å². The van der Waals surface area contributed by atoms with Crippen molar-refractivity contribution in [1.29, 1.82) is 0 Å². The molecule has 0 saturated heterocycles. The minimum Gasteiger partial charge on any atom is -0.612 e. The number of hydrogen-bond donors (Lipinski definition) is 0. The molecule has 0 aliphatic rings. The molecule has 0 amide bonds. The van der Waals surface area contributed by atoms with E-state index in [0.717, 1.165) is 5.41 Å². The van der Waals surface area contributed by atoms with Crippen LogP contribution in [0.3, 0.4) is 0 Å².